The van der Waals surface area contributed by atoms with Crippen LogP contribution in [0.15, 0.2) is 36.0 Å². The Hall–Kier alpha value is -2.91. The van der Waals surface area contributed by atoms with Gasteiger partial charge in [0, 0.05) is 16.8 Å². The maximum absolute atomic E-state index is 12.6. The van der Waals surface area contributed by atoms with Crippen LogP contribution in [-0.4, -0.2) is 15.3 Å². The van der Waals surface area contributed by atoms with Crippen LogP contribution in [0.4, 0.5) is 5.69 Å². The van der Waals surface area contributed by atoms with Crippen molar-refractivity contribution in [2.75, 3.05) is 5.32 Å². The van der Waals surface area contributed by atoms with Crippen molar-refractivity contribution in [2.24, 2.45) is 0 Å². The number of unbranched alkanes of at least 4 members (excludes halogenated alkanes) is 1. The number of carbonyl (C=O) groups is 1. The molecule has 3 rings (SSSR count). The molecule has 6 heteroatoms. The molecular formula is C21H22N4OS. The molecule has 27 heavy (non-hydrogen) atoms. The van der Waals surface area contributed by atoms with Crippen molar-refractivity contribution in [3.05, 3.63) is 57.9 Å². The van der Waals surface area contributed by atoms with E-state index in [9.17, 15) is 10.1 Å². The van der Waals surface area contributed by atoms with Crippen LogP contribution < -0.4 is 5.32 Å². The minimum atomic E-state index is -0.417. The Kier molecular flexibility index (Phi) is 5.72. The molecule has 5 nitrogen and oxygen atoms in total. The topological polar surface area (TPSA) is 70.2 Å². The van der Waals surface area contributed by atoms with Crippen LogP contribution in [0.3, 0.4) is 0 Å². The number of carbonyl (C=O) groups excluding carboxylic acids is 1. The van der Waals surface area contributed by atoms with E-state index in [1.807, 2.05) is 54.8 Å². The van der Waals surface area contributed by atoms with Gasteiger partial charge in [-0.1, -0.05) is 25.5 Å². The number of hydrogen-bond donors (Lipinski definition) is 1. The molecule has 1 amide bonds. The number of aromatic nitrogens is 2. The zero-order valence-electron chi connectivity index (χ0n) is 15.7. The van der Waals surface area contributed by atoms with Crippen LogP contribution in [0.1, 0.15) is 41.6 Å². The van der Waals surface area contributed by atoms with Gasteiger partial charge in [0.1, 0.15) is 11.6 Å². The van der Waals surface area contributed by atoms with E-state index >= 15 is 0 Å². The van der Waals surface area contributed by atoms with E-state index in [1.165, 1.54) is 5.56 Å². The molecule has 2 heterocycles. The molecule has 0 atom stereocenters. The third-order valence-corrected chi connectivity index (χ3v) is 5.24. The largest absolute Gasteiger partial charge is 0.321 e. The molecule has 0 radical (unpaired) electrons. The third kappa shape index (κ3) is 4.26. The summed E-state index contributed by atoms with van der Waals surface area (Å²) in [4.78, 5) is 19.0. The molecule has 0 fully saturated rings. The van der Waals surface area contributed by atoms with Crippen molar-refractivity contribution in [1.29, 1.82) is 5.26 Å². The molecule has 138 valence electrons. The Bertz CT molecular complexity index is 1030. The van der Waals surface area contributed by atoms with Gasteiger partial charge in [-0.05, 0) is 50.5 Å². The molecule has 0 aliphatic rings. The van der Waals surface area contributed by atoms with Crippen LogP contribution >= 0.6 is 11.3 Å². The third-order valence-electron chi connectivity index (χ3n) is 4.34. The Morgan fingerprint density at radius 1 is 1.33 bits per heavy atom. The van der Waals surface area contributed by atoms with Crippen molar-refractivity contribution in [1.82, 2.24) is 9.38 Å². The molecule has 1 aromatic carbocycles. The summed E-state index contributed by atoms with van der Waals surface area (Å²) >= 11 is 1.58. The first-order valence-electron chi connectivity index (χ1n) is 8.99. The van der Waals surface area contributed by atoms with Gasteiger partial charge in [0.2, 0.25) is 0 Å². The molecule has 0 unspecified atom stereocenters. The van der Waals surface area contributed by atoms with Gasteiger partial charge in [-0.25, -0.2) is 4.98 Å². The summed E-state index contributed by atoms with van der Waals surface area (Å²) in [6, 6.07) is 9.79. The first-order chi connectivity index (χ1) is 13.0. The van der Waals surface area contributed by atoms with E-state index in [-0.39, 0.29) is 5.57 Å². The number of nitrogens with one attached hydrogen (secondary N) is 1. The van der Waals surface area contributed by atoms with Gasteiger partial charge in [-0.15, -0.1) is 11.3 Å². The van der Waals surface area contributed by atoms with Gasteiger partial charge in [0.05, 0.1) is 11.4 Å². The fraction of sp³-hybridized carbons (Fsp3) is 0.286. The first-order valence-corrected chi connectivity index (χ1v) is 9.80. The number of nitrogens with zero attached hydrogens (tertiary/aromatic N) is 3. The number of hydrogen-bond acceptors (Lipinski definition) is 4. The minimum Gasteiger partial charge on any atom is -0.321 e. The van der Waals surface area contributed by atoms with Gasteiger partial charge in [0.25, 0.3) is 5.91 Å². The van der Waals surface area contributed by atoms with Crippen LogP contribution in [0.2, 0.25) is 0 Å². The summed E-state index contributed by atoms with van der Waals surface area (Å²) in [5, 5.41) is 12.3. The van der Waals surface area contributed by atoms with E-state index in [1.54, 1.807) is 17.4 Å². The lowest BCUT2D eigenvalue weighted by Crippen LogP contribution is -2.13. The van der Waals surface area contributed by atoms with Crippen LogP contribution in [-0.2, 0) is 11.2 Å². The number of amides is 1. The van der Waals surface area contributed by atoms with Crippen molar-refractivity contribution < 1.29 is 4.79 Å². The summed E-state index contributed by atoms with van der Waals surface area (Å²) in [5.41, 5.74) is 3.54. The number of imidazole rings is 1. The maximum Gasteiger partial charge on any atom is 0.266 e. The second kappa shape index (κ2) is 8.19. The smallest absolute Gasteiger partial charge is 0.266 e. The number of thiazole rings is 1. The maximum atomic E-state index is 12.6. The molecule has 3 aromatic rings. The highest BCUT2D eigenvalue weighted by atomic mass is 32.1. The molecule has 0 saturated carbocycles. The molecule has 0 bridgehead atoms. The highest BCUT2D eigenvalue weighted by Gasteiger charge is 2.14. The molecule has 2 aromatic heterocycles. The SMILES string of the molecule is CCCCc1ccc(NC(=O)/C(C#N)=C/c2c(C)nc3sc(C)cn23)cc1. The average molecular weight is 379 g/mol. The summed E-state index contributed by atoms with van der Waals surface area (Å²) in [5.74, 6) is -0.417. The predicted molar refractivity (Wildman–Crippen MR) is 110 cm³/mol. The molecule has 0 aliphatic heterocycles. The van der Waals surface area contributed by atoms with Gasteiger partial charge in [-0.2, -0.15) is 5.26 Å². The number of benzene rings is 1. The number of nitriles is 1. The van der Waals surface area contributed by atoms with E-state index in [0.29, 0.717) is 5.69 Å². The quantitative estimate of drug-likeness (QED) is 0.490. The summed E-state index contributed by atoms with van der Waals surface area (Å²) < 4.78 is 1.92. The van der Waals surface area contributed by atoms with Crippen molar-refractivity contribution in [3.63, 3.8) is 0 Å². The zero-order valence-corrected chi connectivity index (χ0v) is 16.6. The van der Waals surface area contributed by atoms with Crippen molar-refractivity contribution in [2.45, 2.75) is 40.0 Å². The zero-order chi connectivity index (χ0) is 19.4. The molecule has 0 aliphatic carbocycles. The van der Waals surface area contributed by atoms with Crippen LogP contribution in [0.5, 0.6) is 0 Å². The Morgan fingerprint density at radius 2 is 2.07 bits per heavy atom. The number of anilines is 1. The fourth-order valence-corrected chi connectivity index (χ4v) is 3.75. The second-order valence-corrected chi connectivity index (χ2v) is 7.71. The molecule has 0 spiro atoms. The van der Waals surface area contributed by atoms with Gasteiger partial charge >= 0.3 is 0 Å². The molecule has 0 saturated heterocycles. The van der Waals surface area contributed by atoms with E-state index in [4.69, 9.17) is 0 Å². The minimum absolute atomic E-state index is 0.0545. The van der Waals surface area contributed by atoms with Crippen LogP contribution in [0.25, 0.3) is 11.0 Å². The highest BCUT2D eigenvalue weighted by Crippen LogP contribution is 2.23. The van der Waals surface area contributed by atoms with Gasteiger partial charge in [-0.3, -0.25) is 9.20 Å². The van der Waals surface area contributed by atoms with Crippen LogP contribution in [0, 0.1) is 25.2 Å². The summed E-state index contributed by atoms with van der Waals surface area (Å²) in [7, 11) is 0. The standard InChI is InChI=1S/C21H22N4OS/c1-4-5-6-16-7-9-18(10-8-16)24-20(26)17(12-22)11-19-15(3)23-21-25(19)13-14(2)27-21/h7-11,13H,4-6H2,1-3H3,(H,24,26)/b17-11+. The summed E-state index contributed by atoms with van der Waals surface area (Å²) in [6.45, 7) is 6.05. The normalized spacial score (nSPS) is 11.6. The van der Waals surface area contributed by atoms with Gasteiger partial charge in [0.15, 0.2) is 4.96 Å². The lowest BCUT2D eigenvalue weighted by molar-refractivity contribution is -0.112. The molecular weight excluding hydrogens is 356 g/mol. The van der Waals surface area contributed by atoms with E-state index < -0.39 is 5.91 Å². The lowest BCUT2D eigenvalue weighted by Gasteiger charge is -2.06. The number of aryl methyl sites for hydroxylation is 3. The van der Waals surface area contributed by atoms with Gasteiger partial charge < -0.3 is 5.32 Å². The Labute approximate surface area is 163 Å². The van der Waals surface area contributed by atoms with Crippen molar-refractivity contribution in [3.8, 4) is 6.07 Å². The number of fused-ring (bicyclic) bond motifs is 1. The Morgan fingerprint density at radius 3 is 2.74 bits per heavy atom. The van der Waals surface area contributed by atoms with Crippen molar-refractivity contribution >= 4 is 34.0 Å². The second-order valence-electron chi connectivity index (χ2n) is 6.50. The Balaban J connectivity index is 1.80. The predicted octanol–water partition coefficient (Wildman–Crippen LogP) is 4.90. The molecule has 1 N–H and O–H groups in total. The monoisotopic (exact) mass is 378 g/mol. The first kappa shape index (κ1) is 18.9. The highest BCUT2D eigenvalue weighted by molar-refractivity contribution is 7.17. The fourth-order valence-electron chi connectivity index (χ4n) is 2.87. The number of rotatable bonds is 6. The van der Waals surface area contributed by atoms with E-state index in [2.05, 4.69) is 17.2 Å². The van der Waals surface area contributed by atoms with E-state index in [0.717, 1.165) is 40.5 Å². The average Bonchev–Trinajstić information content (AvgIpc) is 3.14. The summed E-state index contributed by atoms with van der Waals surface area (Å²) in [6.07, 6.45) is 6.90. The lowest BCUT2D eigenvalue weighted by atomic mass is 10.1.